The summed E-state index contributed by atoms with van der Waals surface area (Å²) in [5, 5.41) is 6.60. The highest BCUT2D eigenvalue weighted by Gasteiger charge is 2.60. The van der Waals surface area contributed by atoms with Gasteiger partial charge < -0.3 is 10.2 Å². The Hall–Kier alpha value is -2.21. The fourth-order valence-corrected chi connectivity index (χ4v) is 9.05. The topological polar surface area (TPSA) is 58.1 Å². The second-order valence-electron chi connectivity index (χ2n) is 11.2. The van der Waals surface area contributed by atoms with E-state index in [4.69, 9.17) is 4.98 Å². The van der Waals surface area contributed by atoms with Crippen LogP contribution in [0.4, 0.5) is 10.9 Å². The van der Waals surface area contributed by atoms with E-state index in [1.54, 1.807) is 11.3 Å². The van der Waals surface area contributed by atoms with Crippen molar-refractivity contribution in [2.75, 3.05) is 12.4 Å². The molecule has 1 aliphatic heterocycles. The Morgan fingerprint density at radius 3 is 2.82 bits per heavy atom. The van der Waals surface area contributed by atoms with Crippen LogP contribution in [0.25, 0.3) is 0 Å². The molecule has 1 N–H and O–H groups in total. The molecular weight excluding hydrogens is 428 g/mol. The summed E-state index contributed by atoms with van der Waals surface area (Å²) >= 11 is 1.70. The van der Waals surface area contributed by atoms with Crippen molar-refractivity contribution in [1.82, 2.24) is 14.9 Å². The van der Waals surface area contributed by atoms with Gasteiger partial charge in [0, 0.05) is 36.0 Å². The molecular formula is C27H34N4OS. The van der Waals surface area contributed by atoms with Crippen LogP contribution in [0.3, 0.4) is 0 Å². The summed E-state index contributed by atoms with van der Waals surface area (Å²) < 4.78 is 0. The van der Waals surface area contributed by atoms with Crippen LogP contribution in [0.2, 0.25) is 0 Å². The zero-order chi connectivity index (χ0) is 22.8. The summed E-state index contributed by atoms with van der Waals surface area (Å²) in [7, 11) is 2.01. The lowest BCUT2D eigenvalue weighted by molar-refractivity contribution is -0.138. The Morgan fingerprint density at radius 1 is 1.12 bits per heavy atom. The maximum Gasteiger partial charge on any atom is 0.246 e. The molecule has 0 unspecified atom stereocenters. The van der Waals surface area contributed by atoms with Gasteiger partial charge in [-0.1, -0.05) is 26.0 Å². The predicted molar refractivity (Wildman–Crippen MR) is 132 cm³/mol. The van der Waals surface area contributed by atoms with Crippen molar-refractivity contribution in [2.24, 2.45) is 28.6 Å². The fraction of sp³-hybridized carbons (Fsp3) is 0.593. The van der Waals surface area contributed by atoms with Crippen molar-refractivity contribution < 1.29 is 4.79 Å². The maximum absolute atomic E-state index is 12.3. The third-order valence-electron chi connectivity index (χ3n) is 9.91. The van der Waals surface area contributed by atoms with E-state index in [2.05, 4.69) is 35.6 Å². The minimum atomic E-state index is 0.116. The number of hydrogen-bond donors (Lipinski definition) is 1. The average molecular weight is 463 g/mol. The van der Waals surface area contributed by atoms with E-state index in [9.17, 15) is 4.79 Å². The molecule has 0 bridgehead atoms. The van der Waals surface area contributed by atoms with Gasteiger partial charge in [0.2, 0.25) is 5.91 Å². The SMILES string of the molecule is CN1C(=O)C=C[C@]2(C)[C@H]3CC[C@]4(C)[C@@H](c5csc(Nc6ccccn6)n5)CC[C@H]4[C@@H]3CC[C@@H]12. The monoisotopic (exact) mass is 462 g/mol. The molecule has 0 spiro atoms. The molecule has 3 aliphatic carbocycles. The molecule has 5 nitrogen and oxygen atoms in total. The van der Waals surface area contributed by atoms with Crippen molar-refractivity contribution in [3.63, 3.8) is 0 Å². The lowest BCUT2D eigenvalue weighted by atomic mass is 9.47. The van der Waals surface area contributed by atoms with Crippen LogP contribution in [-0.4, -0.2) is 33.9 Å². The Morgan fingerprint density at radius 2 is 2.00 bits per heavy atom. The second-order valence-corrected chi connectivity index (χ2v) is 12.1. The molecule has 4 aliphatic rings. The Labute approximate surface area is 200 Å². The fourth-order valence-electron chi connectivity index (χ4n) is 8.27. The van der Waals surface area contributed by atoms with Crippen LogP contribution in [0.15, 0.2) is 41.9 Å². The number of hydrogen-bond acceptors (Lipinski definition) is 5. The van der Waals surface area contributed by atoms with Gasteiger partial charge >= 0.3 is 0 Å². The van der Waals surface area contributed by atoms with Crippen LogP contribution >= 0.6 is 11.3 Å². The summed E-state index contributed by atoms with van der Waals surface area (Å²) in [6.45, 7) is 4.98. The molecule has 6 heteroatoms. The number of aromatic nitrogens is 2. The smallest absolute Gasteiger partial charge is 0.246 e. The van der Waals surface area contributed by atoms with Gasteiger partial charge in [0.1, 0.15) is 5.82 Å². The predicted octanol–water partition coefficient (Wildman–Crippen LogP) is 6.00. The lowest BCUT2D eigenvalue weighted by Crippen LogP contribution is -2.59. The van der Waals surface area contributed by atoms with Gasteiger partial charge in [0.05, 0.1) is 5.69 Å². The number of thiazole rings is 1. The van der Waals surface area contributed by atoms with E-state index in [0.29, 0.717) is 23.3 Å². The Balaban J connectivity index is 1.24. The summed E-state index contributed by atoms with van der Waals surface area (Å²) in [4.78, 5) is 23.8. The molecule has 33 heavy (non-hydrogen) atoms. The van der Waals surface area contributed by atoms with Crippen molar-refractivity contribution in [3.05, 3.63) is 47.6 Å². The van der Waals surface area contributed by atoms with Crippen molar-refractivity contribution >= 4 is 28.2 Å². The zero-order valence-corrected chi connectivity index (χ0v) is 20.6. The van der Waals surface area contributed by atoms with E-state index in [1.807, 2.05) is 42.4 Å². The first-order valence-corrected chi connectivity index (χ1v) is 13.4. The quantitative estimate of drug-likeness (QED) is 0.607. The van der Waals surface area contributed by atoms with Crippen LogP contribution < -0.4 is 5.32 Å². The van der Waals surface area contributed by atoms with Crippen molar-refractivity contribution in [1.29, 1.82) is 0 Å². The molecule has 3 heterocycles. The number of nitrogens with zero attached hydrogens (tertiary/aromatic N) is 3. The minimum Gasteiger partial charge on any atom is -0.338 e. The van der Waals surface area contributed by atoms with Gasteiger partial charge in [-0.15, -0.1) is 11.3 Å². The first-order chi connectivity index (χ1) is 15.9. The molecule has 0 aromatic carbocycles. The summed E-state index contributed by atoms with van der Waals surface area (Å²) in [6.07, 6.45) is 13.4. The van der Waals surface area contributed by atoms with Crippen molar-refractivity contribution in [3.8, 4) is 0 Å². The molecule has 7 atom stereocenters. The molecule has 3 saturated carbocycles. The highest BCUT2D eigenvalue weighted by molar-refractivity contribution is 7.13. The third kappa shape index (κ3) is 3.20. The van der Waals surface area contributed by atoms with E-state index in [0.717, 1.165) is 29.2 Å². The first kappa shape index (κ1) is 21.3. The number of amides is 1. The maximum atomic E-state index is 12.3. The standard InChI is InChI=1S/C27H34N4OS/c1-26-13-11-19-17(7-10-22-27(19,2)14-12-24(32)31(22)3)18(26)8-9-20(26)21-16-33-25(29-21)30-23-6-4-5-15-28-23/h4-6,12,14-20,22H,7-11,13H2,1-3H3,(H,28,29,30)/t17-,18-,19-,20+,22+,26-,27+/m0/s1. The number of rotatable bonds is 3. The molecule has 174 valence electrons. The van der Waals surface area contributed by atoms with Gasteiger partial charge in [-0.05, 0) is 79.9 Å². The van der Waals surface area contributed by atoms with Gasteiger partial charge in [-0.25, -0.2) is 9.97 Å². The molecule has 3 fully saturated rings. The minimum absolute atomic E-state index is 0.116. The van der Waals surface area contributed by atoms with E-state index >= 15 is 0 Å². The molecule has 0 saturated heterocycles. The summed E-state index contributed by atoms with van der Waals surface area (Å²) in [5.74, 6) is 3.75. The highest BCUT2D eigenvalue weighted by Crippen LogP contribution is 2.67. The largest absolute Gasteiger partial charge is 0.338 e. The third-order valence-corrected chi connectivity index (χ3v) is 10.7. The Bertz CT molecular complexity index is 1080. The zero-order valence-electron chi connectivity index (χ0n) is 19.8. The number of fused-ring (bicyclic) bond motifs is 5. The summed E-state index contributed by atoms with van der Waals surface area (Å²) in [6, 6.07) is 6.27. The van der Waals surface area contributed by atoms with Crippen LogP contribution in [0, 0.1) is 28.6 Å². The van der Waals surface area contributed by atoms with Crippen LogP contribution in [0.5, 0.6) is 0 Å². The molecule has 0 radical (unpaired) electrons. The van der Waals surface area contributed by atoms with E-state index in [-0.39, 0.29) is 11.3 Å². The molecule has 2 aromatic heterocycles. The van der Waals surface area contributed by atoms with Crippen LogP contribution in [0.1, 0.15) is 64.0 Å². The number of nitrogens with one attached hydrogen (secondary N) is 1. The normalized spacial score (nSPS) is 39.7. The second kappa shape index (κ2) is 7.66. The molecule has 2 aromatic rings. The van der Waals surface area contributed by atoms with Crippen molar-refractivity contribution in [2.45, 2.75) is 64.3 Å². The average Bonchev–Trinajstić information content (AvgIpc) is 3.41. The number of carbonyl (C=O) groups is 1. The number of carbonyl (C=O) groups excluding carboxylic acids is 1. The van der Waals surface area contributed by atoms with Gasteiger partial charge in [0.25, 0.3) is 0 Å². The molecule has 1 amide bonds. The molecule has 6 rings (SSSR count). The highest BCUT2D eigenvalue weighted by atomic mass is 32.1. The Kier molecular flexibility index (Phi) is 4.95. The number of anilines is 2. The van der Waals surface area contributed by atoms with Gasteiger partial charge in [0.15, 0.2) is 5.13 Å². The number of pyridine rings is 1. The lowest BCUT2D eigenvalue weighted by Gasteiger charge is -2.60. The van der Waals surface area contributed by atoms with Crippen LogP contribution in [-0.2, 0) is 4.79 Å². The first-order valence-electron chi connectivity index (χ1n) is 12.5. The van der Waals surface area contributed by atoms with Gasteiger partial charge in [-0.3, -0.25) is 4.79 Å². The summed E-state index contributed by atoms with van der Waals surface area (Å²) in [5.41, 5.74) is 1.70. The van der Waals surface area contributed by atoms with Gasteiger partial charge in [-0.2, -0.15) is 0 Å². The van der Waals surface area contributed by atoms with E-state index in [1.165, 1.54) is 37.8 Å². The number of likely N-dealkylation sites (N-methyl/N-ethyl adjacent to an activating group) is 1. The van der Waals surface area contributed by atoms with E-state index < -0.39 is 0 Å².